The van der Waals surface area contributed by atoms with Crippen molar-refractivity contribution in [3.63, 3.8) is 0 Å². The van der Waals surface area contributed by atoms with Gasteiger partial charge in [-0.15, -0.1) is 0 Å². The third kappa shape index (κ3) is 3.50. The van der Waals surface area contributed by atoms with Crippen molar-refractivity contribution in [2.45, 2.75) is 18.8 Å². The van der Waals surface area contributed by atoms with Gasteiger partial charge in [0.1, 0.15) is 5.37 Å². The van der Waals surface area contributed by atoms with Gasteiger partial charge in [0.25, 0.3) is 0 Å². The standard InChI is InChI=1S/C13H19BrN2O2S2/c1-2-20(17,18)12-9-19-7-6-16(12)8-10-4-3-5-11(15)13(10)14/h3-5,12H,2,6-9,15H2,1H3. The molecule has 1 fully saturated rings. The Hall–Kier alpha value is -0.240. The molecular formula is C13H19BrN2O2S2. The highest BCUT2D eigenvalue weighted by Crippen LogP contribution is 2.28. The first-order valence-electron chi connectivity index (χ1n) is 6.52. The molecule has 1 aliphatic rings. The van der Waals surface area contributed by atoms with E-state index in [1.165, 1.54) is 0 Å². The quantitative estimate of drug-likeness (QED) is 0.814. The van der Waals surface area contributed by atoms with Gasteiger partial charge >= 0.3 is 0 Å². The van der Waals surface area contributed by atoms with Gasteiger partial charge in [-0.05, 0) is 27.6 Å². The number of hydrogen-bond acceptors (Lipinski definition) is 5. The number of benzene rings is 1. The Morgan fingerprint density at radius 2 is 2.25 bits per heavy atom. The van der Waals surface area contributed by atoms with Crippen molar-refractivity contribution in [3.8, 4) is 0 Å². The van der Waals surface area contributed by atoms with Crippen LogP contribution in [-0.2, 0) is 16.4 Å². The van der Waals surface area contributed by atoms with E-state index >= 15 is 0 Å². The summed E-state index contributed by atoms with van der Waals surface area (Å²) in [6, 6.07) is 5.72. The van der Waals surface area contributed by atoms with Crippen molar-refractivity contribution in [2.24, 2.45) is 0 Å². The molecule has 0 aliphatic carbocycles. The number of hydrogen-bond donors (Lipinski definition) is 1. The number of nitrogen functional groups attached to an aromatic ring is 1. The van der Waals surface area contributed by atoms with Crippen molar-refractivity contribution < 1.29 is 8.42 Å². The van der Waals surface area contributed by atoms with E-state index in [-0.39, 0.29) is 11.1 Å². The van der Waals surface area contributed by atoms with E-state index in [9.17, 15) is 8.42 Å². The third-order valence-corrected chi connectivity index (χ3v) is 7.79. The van der Waals surface area contributed by atoms with Crippen molar-refractivity contribution in [2.75, 3.05) is 29.5 Å². The molecule has 1 aromatic carbocycles. The molecule has 1 unspecified atom stereocenters. The van der Waals surface area contributed by atoms with E-state index in [1.807, 2.05) is 18.2 Å². The van der Waals surface area contributed by atoms with Crippen molar-refractivity contribution >= 4 is 43.2 Å². The first-order valence-corrected chi connectivity index (χ1v) is 10.2. The lowest BCUT2D eigenvalue weighted by Crippen LogP contribution is -2.47. The maximum atomic E-state index is 12.2. The summed E-state index contributed by atoms with van der Waals surface area (Å²) in [6.07, 6.45) is 0. The van der Waals surface area contributed by atoms with Crippen LogP contribution in [-0.4, -0.2) is 42.5 Å². The minimum atomic E-state index is -3.05. The molecule has 0 bridgehead atoms. The van der Waals surface area contributed by atoms with Gasteiger partial charge < -0.3 is 5.73 Å². The van der Waals surface area contributed by atoms with E-state index in [4.69, 9.17) is 5.73 Å². The molecule has 1 aliphatic heterocycles. The van der Waals surface area contributed by atoms with Gasteiger partial charge in [-0.1, -0.05) is 19.1 Å². The highest BCUT2D eigenvalue weighted by Gasteiger charge is 2.32. The number of thioether (sulfide) groups is 1. The highest BCUT2D eigenvalue weighted by molar-refractivity contribution is 9.10. The van der Waals surface area contributed by atoms with Crippen LogP contribution in [0.5, 0.6) is 0 Å². The summed E-state index contributed by atoms with van der Waals surface area (Å²) < 4.78 is 25.3. The molecule has 7 heteroatoms. The van der Waals surface area contributed by atoms with Crippen LogP contribution in [0.1, 0.15) is 12.5 Å². The number of halogens is 1. The zero-order valence-corrected chi connectivity index (χ0v) is 14.6. The fourth-order valence-electron chi connectivity index (χ4n) is 2.26. The van der Waals surface area contributed by atoms with Gasteiger partial charge in [0.2, 0.25) is 0 Å². The summed E-state index contributed by atoms with van der Waals surface area (Å²) in [7, 11) is -3.05. The fraction of sp³-hybridized carbons (Fsp3) is 0.538. The predicted molar refractivity (Wildman–Crippen MR) is 89.5 cm³/mol. The number of sulfone groups is 1. The number of anilines is 1. The largest absolute Gasteiger partial charge is 0.398 e. The van der Waals surface area contributed by atoms with Gasteiger partial charge in [-0.3, -0.25) is 4.90 Å². The Morgan fingerprint density at radius 3 is 2.95 bits per heavy atom. The van der Waals surface area contributed by atoms with Crippen molar-refractivity contribution in [1.29, 1.82) is 0 Å². The SMILES string of the molecule is CCS(=O)(=O)C1CSCCN1Cc1cccc(N)c1Br. The summed E-state index contributed by atoms with van der Waals surface area (Å²) in [5.41, 5.74) is 7.60. The summed E-state index contributed by atoms with van der Waals surface area (Å²) in [6.45, 7) is 3.11. The summed E-state index contributed by atoms with van der Waals surface area (Å²) in [5.74, 6) is 1.80. The first-order chi connectivity index (χ1) is 9.45. The maximum absolute atomic E-state index is 12.2. The normalized spacial score (nSPS) is 21.0. The second kappa shape index (κ2) is 6.68. The van der Waals surface area contributed by atoms with Gasteiger partial charge in [0.05, 0.1) is 0 Å². The minimum Gasteiger partial charge on any atom is -0.398 e. The van der Waals surface area contributed by atoms with Crippen LogP contribution in [0.2, 0.25) is 0 Å². The molecule has 1 aromatic rings. The lowest BCUT2D eigenvalue weighted by Gasteiger charge is -2.34. The Bertz CT molecular complexity index is 578. The van der Waals surface area contributed by atoms with Crippen LogP contribution < -0.4 is 5.73 Å². The minimum absolute atomic E-state index is 0.187. The van der Waals surface area contributed by atoms with Crippen LogP contribution >= 0.6 is 27.7 Å². The van der Waals surface area contributed by atoms with E-state index in [2.05, 4.69) is 20.8 Å². The van der Waals surface area contributed by atoms with E-state index in [1.54, 1.807) is 18.7 Å². The molecule has 1 saturated heterocycles. The van der Waals surface area contributed by atoms with E-state index in [0.29, 0.717) is 18.0 Å². The molecule has 2 N–H and O–H groups in total. The highest BCUT2D eigenvalue weighted by atomic mass is 79.9. The van der Waals surface area contributed by atoms with Crippen LogP contribution in [0.4, 0.5) is 5.69 Å². The average molecular weight is 379 g/mol. The molecule has 20 heavy (non-hydrogen) atoms. The lowest BCUT2D eigenvalue weighted by molar-refractivity contribution is 0.261. The number of rotatable bonds is 4. The monoisotopic (exact) mass is 378 g/mol. The molecule has 112 valence electrons. The zero-order valence-electron chi connectivity index (χ0n) is 11.4. The molecule has 1 heterocycles. The number of nitrogens with two attached hydrogens (primary N) is 1. The molecule has 1 atom stereocenters. The summed E-state index contributed by atoms with van der Waals surface area (Å²) >= 11 is 5.20. The molecule has 4 nitrogen and oxygen atoms in total. The molecule has 0 radical (unpaired) electrons. The second-order valence-electron chi connectivity index (χ2n) is 4.77. The third-order valence-electron chi connectivity index (χ3n) is 3.49. The average Bonchev–Trinajstić information content (AvgIpc) is 2.44. The summed E-state index contributed by atoms with van der Waals surface area (Å²) in [4.78, 5) is 2.05. The Morgan fingerprint density at radius 1 is 1.50 bits per heavy atom. The lowest BCUT2D eigenvalue weighted by atomic mass is 10.2. The fourth-order valence-corrected chi connectivity index (χ4v) is 5.73. The van der Waals surface area contributed by atoms with Crippen molar-refractivity contribution in [3.05, 3.63) is 28.2 Å². The van der Waals surface area contributed by atoms with Crippen LogP contribution in [0, 0.1) is 0 Å². The van der Waals surface area contributed by atoms with E-state index in [0.717, 1.165) is 22.3 Å². The Kier molecular flexibility index (Phi) is 5.39. The molecule has 2 rings (SSSR count). The number of nitrogens with zero attached hydrogens (tertiary/aromatic N) is 1. The maximum Gasteiger partial charge on any atom is 0.166 e. The van der Waals surface area contributed by atoms with E-state index < -0.39 is 9.84 Å². The van der Waals surface area contributed by atoms with Gasteiger partial charge in [0.15, 0.2) is 9.84 Å². The topological polar surface area (TPSA) is 63.4 Å². The van der Waals surface area contributed by atoms with Gasteiger partial charge in [-0.2, -0.15) is 11.8 Å². The zero-order chi connectivity index (χ0) is 14.8. The Labute approximate surface area is 133 Å². The predicted octanol–water partition coefficient (Wildman–Crippen LogP) is 2.34. The Balaban J connectivity index is 2.23. The van der Waals surface area contributed by atoms with Crippen LogP contribution in [0.3, 0.4) is 0 Å². The summed E-state index contributed by atoms with van der Waals surface area (Å²) in [5, 5.41) is -0.389. The molecule has 0 spiro atoms. The molecular weight excluding hydrogens is 360 g/mol. The van der Waals surface area contributed by atoms with Gasteiger partial charge in [-0.25, -0.2) is 8.42 Å². The first kappa shape index (κ1) is 16.1. The molecule has 0 saturated carbocycles. The second-order valence-corrected chi connectivity index (χ2v) is 9.16. The molecule has 0 aromatic heterocycles. The van der Waals surface area contributed by atoms with Crippen LogP contribution in [0.15, 0.2) is 22.7 Å². The van der Waals surface area contributed by atoms with Crippen molar-refractivity contribution in [1.82, 2.24) is 4.90 Å². The van der Waals surface area contributed by atoms with Crippen LogP contribution in [0.25, 0.3) is 0 Å². The van der Waals surface area contributed by atoms with Gasteiger partial charge in [0, 0.05) is 40.5 Å². The smallest absolute Gasteiger partial charge is 0.166 e. The molecule has 0 amide bonds.